The van der Waals surface area contributed by atoms with Gasteiger partial charge in [-0.2, -0.15) is 0 Å². The van der Waals surface area contributed by atoms with E-state index in [-0.39, 0.29) is 29.6 Å². The Hall–Kier alpha value is 0.290. The Balaban J connectivity index is 0.00000144. The summed E-state index contributed by atoms with van der Waals surface area (Å²) in [6, 6.07) is 6.75. The van der Waals surface area contributed by atoms with E-state index in [4.69, 9.17) is 4.74 Å². The van der Waals surface area contributed by atoms with E-state index in [0.717, 1.165) is 0 Å². The third-order valence-corrected chi connectivity index (χ3v) is 2.21. The zero-order valence-corrected chi connectivity index (χ0v) is 10.5. The van der Waals surface area contributed by atoms with Gasteiger partial charge >= 0.3 is 29.6 Å². The Morgan fingerprint density at radius 2 is 2.08 bits per heavy atom. The second-order valence-corrected chi connectivity index (χ2v) is 3.18. The molecule has 0 aromatic heterocycles. The van der Waals surface area contributed by atoms with Gasteiger partial charge in [0.25, 0.3) is 0 Å². The fourth-order valence-electron chi connectivity index (χ4n) is 0.941. The van der Waals surface area contributed by atoms with Crippen molar-refractivity contribution in [2.24, 2.45) is 0 Å². The van der Waals surface area contributed by atoms with E-state index in [1.54, 1.807) is 24.3 Å². The molecular weight excluding hydrogens is 199 g/mol. The molecular formula is C8H9NaO3S. The zero-order valence-electron chi connectivity index (χ0n) is 7.65. The van der Waals surface area contributed by atoms with Crippen molar-refractivity contribution in [1.29, 1.82) is 0 Å². The maximum Gasteiger partial charge on any atom is 1.00 e. The molecule has 0 radical (unpaired) electrons. The van der Waals surface area contributed by atoms with E-state index >= 15 is 0 Å². The molecule has 0 fully saturated rings. The van der Waals surface area contributed by atoms with Gasteiger partial charge in [-0.05, 0) is 22.7 Å². The summed E-state index contributed by atoms with van der Waals surface area (Å²) in [4.78, 5) is 0.305. The first-order chi connectivity index (χ1) is 5.75. The Bertz CT molecular complexity index is 290. The normalized spacial score (nSPS) is 11.8. The molecule has 5 heteroatoms. The average molecular weight is 208 g/mol. The summed E-state index contributed by atoms with van der Waals surface area (Å²) in [6.45, 7) is 0.324. The Kier molecular flexibility index (Phi) is 6.85. The van der Waals surface area contributed by atoms with Crippen LogP contribution in [0.3, 0.4) is 0 Å². The predicted molar refractivity (Wildman–Crippen MR) is 44.3 cm³/mol. The Morgan fingerprint density at radius 3 is 2.62 bits per heavy atom. The second-order valence-electron chi connectivity index (χ2n) is 2.28. The van der Waals surface area contributed by atoms with Crippen LogP contribution in [0.5, 0.6) is 0 Å². The summed E-state index contributed by atoms with van der Waals surface area (Å²) in [5.74, 6) is 0. The first-order valence-corrected chi connectivity index (χ1v) is 4.49. The van der Waals surface area contributed by atoms with Crippen molar-refractivity contribution < 1.29 is 43.1 Å². The van der Waals surface area contributed by atoms with Crippen LogP contribution in [-0.4, -0.2) is 15.9 Å². The molecule has 0 spiro atoms. The van der Waals surface area contributed by atoms with Crippen molar-refractivity contribution in [2.45, 2.75) is 11.5 Å². The largest absolute Gasteiger partial charge is 1.00 e. The number of hydrogen-bond acceptors (Lipinski definition) is 3. The van der Waals surface area contributed by atoms with Gasteiger partial charge in [-0.3, -0.25) is 4.21 Å². The average Bonchev–Trinajstić information content (AvgIpc) is 2.05. The molecule has 66 valence electrons. The quantitative estimate of drug-likeness (QED) is 0.429. The Labute approximate surface area is 102 Å². The van der Waals surface area contributed by atoms with Crippen LogP contribution in [0.1, 0.15) is 5.56 Å². The third-order valence-electron chi connectivity index (χ3n) is 1.45. The van der Waals surface area contributed by atoms with Crippen LogP contribution in [0.4, 0.5) is 0 Å². The first-order valence-electron chi connectivity index (χ1n) is 3.42. The first kappa shape index (κ1) is 13.3. The van der Waals surface area contributed by atoms with Crippen molar-refractivity contribution in [3.63, 3.8) is 0 Å². The van der Waals surface area contributed by atoms with Crippen molar-refractivity contribution in [3.8, 4) is 0 Å². The van der Waals surface area contributed by atoms with Crippen LogP contribution in [0, 0.1) is 0 Å². The molecule has 3 nitrogen and oxygen atoms in total. The molecule has 0 aliphatic carbocycles. The fraction of sp³-hybridized carbons (Fsp3) is 0.250. The standard InChI is InChI=1S/C8H10O3S.Na/c1-11-6-7-4-2-3-5-8(7)12(9)10;/h2-5H,6H2,1H3,(H,9,10);/q;+1/p-1. The SMILES string of the molecule is COCc1ccccc1S(=O)[O-].[Na+]. The smallest absolute Gasteiger partial charge is 0.768 e. The monoisotopic (exact) mass is 208 g/mol. The van der Waals surface area contributed by atoms with Crippen molar-refractivity contribution in [1.82, 2.24) is 0 Å². The maximum absolute atomic E-state index is 10.6. The molecule has 0 aliphatic heterocycles. The van der Waals surface area contributed by atoms with Crippen molar-refractivity contribution >= 4 is 11.1 Å². The summed E-state index contributed by atoms with van der Waals surface area (Å²) in [7, 11) is 1.53. The van der Waals surface area contributed by atoms with Crippen LogP contribution in [0.15, 0.2) is 29.2 Å². The number of hydrogen-bond donors (Lipinski definition) is 0. The van der Waals surface area contributed by atoms with E-state index in [9.17, 15) is 8.76 Å². The van der Waals surface area contributed by atoms with E-state index in [0.29, 0.717) is 17.1 Å². The molecule has 0 N–H and O–H groups in total. The van der Waals surface area contributed by atoms with Gasteiger partial charge < -0.3 is 9.29 Å². The minimum atomic E-state index is -2.17. The number of benzene rings is 1. The van der Waals surface area contributed by atoms with Crippen molar-refractivity contribution in [2.75, 3.05) is 7.11 Å². The van der Waals surface area contributed by atoms with Crippen LogP contribution in [0.2, 0.25) is 0 Å². The van der Waals surface area contributed by atoms with Crippen molar-refractivity contribution in [3.05, 3.63) is 29.8 Å². The van der Waals surface area contributed by atoms with Gasteiger partial charge in [0, 0.05) is 12.0 Å². The van der Waals surface area contributed by atoms with Gasteiger partial charge in [0.05, 0.1) is 6.61 Å². The number of rotatable bonds is 3. The predicted octanol–water partition coefficient (Wildman–Crippen LogP) is -1.92. The number of methoxy groups -OCH3 is 1. The molecule has 1 aromatic carbocycles. The van der Waals surface area contributed by atoms with Crippen LogP contribution >= 0.6 is 0 Å². The summed E-state index contributed by atoms with van der Waals surface area (Å²) >= 11 is -2.17. The Morgan fingerprint density at radius 1 is 1.46 bits per heavy atom. The van der Waals surface area contributed by atoms with E-state index in [1.165, 1.54) is 7.11 Å². The van der Waals surface area contributed by atoms with Crippen LogP contribution < -0.4 is 29.6 Å². The topological polar surface area (TPSA) is 49.4 Å². The van der Waals surface area contributed by atoms with E-state index in [1.807, 2.05) is 0 Å². The summed E-state index contributed by atoms with van der Waals surface area (Å²) in [5, 5.41) is 0. The molecule has 1 unspecified atom stereocenters. The van der Waals surface area contributed by atoms with Gasteiger partial charge in [0.2, 0.25) is 0 Å². The van der Waals surface area contributed by atoms with Gasteiger partial charge in [0.1, 0.15) is 0 Å². The maximum atomic E-state index is 10.6. The fourth-order valence-corrected chi connectivity index (χ4v) is 1.47. The summed E-state index contributed by atoms with van der Waals surface area (Å²) in [5.41, 5.74) is 0.688. The minimum Gasteiger partial charge on any atom is -0.768 e. The van der Waals surface area contributed by atoms with Gasteiger partial charge in [-0.25, -0.2) is 0 Å². The molecule has 0 saturated carbocycles. The molecule has 1 atom stereocenters. The molecule has 0 aliphatic rings. The van der Waals surface area contributed by atoms with E-state index < -0.39 is 11.1 Å². The molecule has 1 aromatic rings. The van der Waals surface area contributed by atoms with Gasteiger partial charge in [0.15, 0.2) is 0 Å². The summed E-state index contributed by atoms with van der Waals surface area (Å²) in [6.07, 6.45) is 0. The molecule has 13 heavy (non-hydrogen) atoms. The van der Waals surface area contributed by atoms with Gasteiger partial charge in [-0.1, -0.05) is 18.2 Å². The summed E-state index contributed by atoms with van der Waals surface area (Å²) < 4.78 is 26.1. The number of ether oxygens (including phenoxy) is 1. The zero-order chi connectivity index (χ0) is 8.97. The van der Waals surface area contributed by atoms with E-state index in [2.05, 4.69) is 0 Å². The molecule has 0 saturated heterocycles. The van der Waals surface area contributed by atoms with Gasteiger partial charge in [-0.15, -0.1) is 0 Å². The molecule has 1 rings (SSSR count). The molecule has 0 bridgehead atoms. The molecule has 0 amide bonds. The minimum absolute atomic E-state index is 0. The third kappa shape index (κ3) is 3.89. The van der Waals surface area contributed by atoms with Crippen LogP contribution in [0.25, 0.3) is 0 Å². The molecule has 0 heterocycles. The van der Waals surface area contributed by atoms with Crippen LogP contribution in [-0.2, 0) is 22.4 Å². The second kappa shape index (κ2) is 6.70.